The Bertz CT molecular complexity index is 2210. The zero-order valence-electron chi connectivity index (χ0n) is 22.4. The van der Waals surface area contributed by atoms with Gasteiger partial charge in [0.15, 0.2) is 0 Å². The summed E-state index contributed by atoms with van der Waals surface area (Å²) in [5.41, 5.74) is 12.1. The number of nitrogens with one attached hydrogen (secondary N) is 1. The van der Waals surface area contributed by atoms with Gasteiger partial charge >= 0.3 is 0 Å². The van der Waals surface area contributed by atoms with E-state index in [4.69, 9.17) is 0 Å². The maximum absolute atomic E-state index is 3.63. The molecule has 0 saturated carbocycles. The molecule has 0 unspecified atom stereocenters. The summed E-state index contributed by atoms with van der Waals surface area (Å²) in [6.07, 6.45) is 2.21. The molecular formula is C39H26N2. The molecule has 2 aromatic heterocycles. The van der Waals surface area contributed by atoms with Crippen molar-refractivity contribution in [3.63, 3.8) is 0 Å². The average Bonchev–Trinajstić information content (AvgIpc) is 3.71. The number of benzene rings is 6. The highest BCUT2D eigenvalue weighted by Gasteiger charge is 2.46. The number of hydrogen-bond acceptors (Lipinski definition) is 0. The Morgan fingerprint density at radius 2 is 1.17 bits per heavy atom. The minimum absolute atomic E-state index is 0.405. The fourth-order valence-corrected chi connectivity index (χ4v) is 7.29. The summed E-state index contributed by atoms with van der Waals surface area (Å²) in [6.45, 7) is 0. The molecule has 2 heterocycles. The van der Waals surface area contributed by atoms with Crippen molar-refractivity contribution in [1.82, 2.24) is 9.55 Å². The van der Waals surface area contributed by atoms with Gasteiger partial charge in [-0.3, -0.25) is 0 Å². The Balaban J connectivity index is 1.33. The summed E-state index contributed by atoms with van der Waals surface area (Å²) < 4.78 is 2.34. The lowest BCUT2D eigenvalue weighted by Gasteiger charge is -2.34. The topological polar surface area (TPSA) is 20.7 Å². The fraction of sp³-hybridized carbons (Fsp3) is 0.0256. The largest absolute Gasteiger partial charge is 0.354 e. The Kier molecular flexibility index (Phi) is 4.57. The van der Waals surface area contributed by atoms with Crippen LogP contribution in [0.15, 0.2) is 152 Å². The summed E-state index contributed by atoms with van der Waals surface area (Å²) >= 11 is 0. The van der Waals surface area contributed by atoms with Crippen molar-refractivity contribution >= 4 is 32.7 Å². The van der Waals surface area contributed by atoms with E-state index in [1.807, 2.05) is 0 Å². The Morgan fingerprint density at radius 3 is 1.98 bits per heavy atom. The minimum atomic E-state index is -0.405. The van der Waals surface area contributed by atoms with Crippen LogP contribution in [0.25, 0.3) is 49.5 Å². The second-order valence-electron chi connectivity index (χ2n) is 11.1. The van der Waals surface area contributed by atoms with Gasteiger partial charge in [-0.05, 0) is 69.8 Å². The second kappa shape index (κ2) is 8.33. The first-order chi connectivity index (χ1) is 20.3. The van der Waals surface area contributed by atoms with E-state index in [1.54, 1.807) is 0 Å². The van der Waals surface area contributed by atoms with E-state index >= 15 is 0 Å². The van der Waals surface area contributed by atoms with Crippen LogP contribution >= 0.6 is 0 Å². The summed E-state index contributed by atoms with van der Waals surface area (Å²) in [6, 6.07) is 53.3. The van der Waals surface area contributed by atoms with Crippen LogP contribution in [0.1, 0.15) is 22.3 Å². The van der Waals surface area contributed by atoms with Crippen LogP contribution in [-0.4, -0.2) is 9.55 Å². The van der Waals surface area contributed by atoms with Gasteiger partial charge in [-0.1, -0.05) is 109 Å². The number of para-hydroxylation sites is 1. The molecule has 41 heavy (non-hydrogen) atoms. The van der Waals surface area contributed by atoms with Crippen molar-refractivity contribution in [2.75, 3.05) is 0 Å². The fourth-order valence-electron chi connectivity index (χ4n) is 7.29. The van der Waals surface area contributed by atoms with Crippen molar-refractivity contribution in [3.05, 3.63) is 174 Å². The van der Waals surface area contributed by atoms with Crippen LogP contribution < -0.4 is 0 Å². The predicted molar refractivity (Wildman–Crippen MR) is 170 cm³/mol. The highest BCUT2D eigenvalue weighted by Crippen LogP contribution is 2.56. The number of aromatic nitrogens is 2. The van der Waals surface area contributed by atoms with Crippen LogP contribution in [-0.2, 0) is 5.41 Å². The molecule has 2 nitrogen and oxygen atoms in total. The first-order valence-electron chi connectivity index (χ1n) is 14.2. The average molecular weight is 523 g/mol. The molecule has 6 aromatic carbocycles. The molecule has 1 N–H and O–H groups in total. The lowest BCUT2D eigenvalue weighted by atomic mass is 9.67. The number of H-pyrrole nitrogens is 1. The lowest BCUT2D eigenvalue weighted by molar-refractivity contribution is 0.767. The normalized spacial score (nSPS) is 13.6. The molecule has 192 valence electrons. The summed E-state index contributed by atoms with van der Waals surface area (Å²) in [7, 11) is 0. The van der Waals surface area contributed by atoms with Crippen LogP contribution in [0.3, 0.4) is 0 Å². The Labute approximate surface area is 238 Å². The molecule has 1 aliphatic carbocycles. The van der Waals surface area contributed by atoms with Gasteiger partial charge in [-0.15, -0.1) is 0 Å². The van der Waals surface area contributed by atoms with Crippen molar-refractivity contribution in [3.8, 4) is 16.8 Å². The number of nitrogens with zero attached hydrogens (tertiary/aromatic N) is 1. The second-order valence-corrected chi connectivity index (χ2v) is 11.1. The van der Waals surface area contributed by atoms with Gasteiger partial charge in [0.25, 0.3) is 0 Å². The van der Waals surface area contributed by atoms with Crippen LogP contribution in [0, 0.1) is 0 Å². The number of hydrogen-bond donors (Lipinski definition) is 1. The number of rotatable bonds is 3. The van der Waals surface area contributed by atoms with Gasteiger partial charge in [-0.2, -0.15) is 0 Å². The first kappa shape index (κ1) is 22.5. The zero-order chi connectivity index (χ0) is 27.0. The van der Waals surface area contributed by atoms with E-state index in [2.05, 4.69) is 161 Å². The van der Waals surface area contributed by atoms with Gasteiger partial charge in [0, 0.05) is 39.1 Å². The lowest BCUT2D eigenvalue weighted by Crippen LogP contribution is -2.28. The molecule has 1 aliphatic rings. The molecule has 0 fully saturated rings. The van der Waals surface area contributed by atoms with Gasteiger partial charge in [0.05, 0.1) is 10.9 Å². The van der Waals surface area contributed by atoms with Gasteiger partial charge in [0.1, 0.15) is 0 Å². The van der Waals surface area contributed by atoms with E-state index in [9.17, 15) is 0 Å². The van der Waals surface area contributed by atoms with Crippen LogP contribution in [0.5, 0.6) is 0 Å². The van der Waals surface area contributed by atoms with Crippen molar-refractivity contribution < 1.29 is 0 Å². The quantitative estimate of drug-likeness (QED) is 0.238. The highest BCUT2D eigenvalue weighted by molar-refractivity contribution is 6.11. The van der Waals surface area contributed by atoms with Gasteiger partial charge in [-0.25, -0.2) is 0 Å². The Hall–Kier alpha value is -5.34. The molecule has 0 radical (unpaired) electrons. The van der Waals surface area contributed by atoms with E-state index in [0.29, 0.717) is 0 Å². The molecule has 0 spiro atoms. The number of aromatic amines is 1. The van der Waals surface area contributed by atoms with Crippen molar-refractivity contribution in [2.24, 2.45) is 0 Å². The van der Waals surface area contributed by atoms with E-state index in [-0.39, 0.29) is 0 Å². The van der Waals surface area contributed by atoms with E-state index < -0.39 is 5.41 Å². The molecule has 0 aliphatic heterocycles. The highest BCUT2D eigenvalue weighted by atomic mass is 15.0. The van der Waals surface area contributed by atoms with Crippen LogP contribution in [0.2, 0.25) is 0 Å². The maximum atomic E-state index is 3.63. The third kappa shape index (κ3) is 3.02. The molecule has 9 rings (SSSR count). The number of fused-ring (bicyclic) bond motifs is 7. The molecule has 8 aromatic rings. The molecule has 0 saturated heterocycles. The third-order valence-electron chi connectivity index (χ3n) is 9.04. The van der Waals surface area contributed by atoms with E-state index in [1.165, 1.54) is 66.3 Å². The van der Waals surface area contributed by atoms with E-state index in [0.717, 1.165) is 5.52 Å². The standard InChI is InChI=1S/C39H26N2/c1-3-11-27(12-4-1)39(28-13-5-2-6-14-28)34-17-9-7-15-30(34)31-20-19-29(24-35(31)39)41-22-21-26-23-33-32-16-8-10-18-36(32)40-37(33)25-38(26)41/h1-25,40H. The Morgan fingerprint density at radius 1 is 0.488 bits per heavy atom. The van der Waals surface area contributed by atoms with Gasteiger partial charge in [0.2, 0.25) is 0 Å². The third-order valence-corrected chi connectivity index (χ3v) is 9.04. The monoisotopic (exact) mass is 522 g/mol. The molecular weight excluding hydrogens is 496 g/mol. The molecule has 2 heteroatoms. The van der Waals surface area contributed by atoms with Crippen molar-refractivity contribution in [1.29, 1.82) is 0 Å². The van der Waals surface area contributed by atoms with Crippen molar-refractivity contribution in [2.45, 2.75) is 5.41 Å². The van der Waals surface area contributed by atoms with Crippen LogP contribution in [0.4, 0.5) is 0 Å². The molecule has 0 atom stereocenters. The van der Waals surface area contributed by atoms with Gasteiger partial charge < -0.3 is 9.55 Å². The molecule has 0 bridgehead atoms. The maximum Gasteiger partial charge on any atom is 0.0714 e. The first-order valence-corrected chi connectivity index (χ1v) is 14.2. The predicted octanol–water partition coefficient (Wildman–Crippen LogP) is 9.63. The zero-order valence-corrected chi connectivity index (χ0v) is 22.4. The molecule has 0 amide bonds. The summed E-state index contributed by atoms with van der Waals surface area (Å²) in [4.78, 5) is 3.63. The minimum Gasteiger partial charge on any atom is -0.354 e. The summed E-state index contributed by atoms with van der Waals surface area (Å²) in [5.74, 6) is 0. The smallest absolute Gasteiger partial charge is 0.0714 e. The SMILES string of the molecule is c1ccc(C2(c3ccccc3)c3ccccc3-c3ccc(-n4ccc5cc6c(cc54)[nH]c4ccccc46)cc32)cc1. The summed E-state index contributed by atoms with van der Waals surface area (Å²) in [5, 5.41) is 3.77.